The van der Waals surface area contributed by atoms with Gasteiger partial charge in [0.05, 0.1) is 0 Å². The molecular formula is C18H24N2O. The van der Waals surface area contributed by atoms with Gasteiger partial charge in [-0.15, -0.1) is 0 Å². The van der Waals surface area contributed by atoms with Crippen LogP contribution in [0.5, 0.6) is 0 Å². The van der Waals surface area contributed by atoms with Crippen LogP contribution in [0, 0.1) is 5.92 Å². The first-order valence-electron chi connectivity index (χ1n) is 7.82. The Balaban J connectivity index is 2.02. The summed E-state index contributed by atoms with van der Waals surface area (Å²) in [5.41, 5.74) is 11.3. The van der Waals surface area contributed by atoms with Gasteiger partial charge in [0.2, 0.25) is 0 Å². The third kappa shape index (κ3) is 3.04. The van der Waals surface area contributed by atoms with Gasteiger partial charge >= 0.3 is 0 Å². The Kier molecular flexibility index (Phi) is 4.42. The second-order valence-corrected chi connectivity index (χ2v) is 5.92. The Morgan fingerprint density at radius 1 is 1.29 bits per heavy atom. The number of nitrogens with zero attached hydrogens (tertiary/aromatic N) is 1. The van der Waals surface area contributed by atoms with Gasteiger partial charge in [0, 0.05) is 24.5 Å². The summed E-state index contributed by atoms with van der Waals surface area (Å²) < 4.78 is 5.82. The maximum Gasteiger partial charge on any atom is 0.123 e. The van der Waals surface area contributed by atoms with E-state index in [1.807, 2.05) is 6.07 Å². The van der Waals surface area contributed by atoms with Crippen molar-refractivity contribution in [2.75, 3.05) is 24.8 Å². The third-order valence-corrected chi connectivity index (χ3v) is 4.45. The molecular weight excluding hydrogens is 260 g/mol. The van der Waals surface area contributed by atoms with Gasteiger partial charge in [0.15, 0.2) is 0 Å². The Morgan fingerprint density at radius 2 is 2.10 bits per heavy atom. The zero-order valence-corrected chi connectivity index (χ0v) is 12.7. The lowest BCUT2D eigenvalue weighted by atomic mass is 9.84. The average Bonchev–Trinajstić information content (AvgIpc) is 2.50. The van der Waals surface area contributed by atoms with Crippen molar-refractivity contribution in [3.8, 4) is 0 Å². The second kappa shape index (κ2) is 6.46. The minimum Gasteiger partial charge on any atom is -0.361 e. The van der Waals surface area contributed by atoms with Crippen LogP contribution >= 0.6 is 0 Å². The number of nitrogens with two attached hydrogens (primary N) is 1. The van der Waals surface area contributed by atoms with Gasteiger partial charge in [-0.1, -0.05) is 30.7 Å². The summed E-state index contributed by atoms with van der Waals surface area (Å²) in [4.78, 5) is 2.29. The van der Waals surface area contributed by atoms with Crippen molar-refractivity contribution in [3.63, 3.8) is 0 Å². The van der Waals surface area contributed by atoms with Gasteiger partial charge in [0.1, 0.15) is 6.73 Å². The second-order valence-electron chi connectivity index (χ2n) is 5.92. The molecule has 0 spiro atoms. The summed E-state index contributed by atoms with van der Waals surface area (Å²) in [5.74, 6) is 0.562. The molecule has 0 saturated heterocycles. The summed E-state index contributed by atoms with van der Waals surface area (Å²) in [6.07, 6.45) is 5.66. The standard InChI is InChI=1S/C18H24N2O/c1-14-10-15-6-5-9-21-13-20(17-7-3-2-4-8-17)18(15)11-16(14)12-19/h2-4,7-8,11,14H,5-6,9-10,12-13,19H2,1H3. The Bertz CT molecular complexity index is 548. The molecule has 21 heavy (non-hydrogen) atoms. The Morgan fingerprint density at radius 3 is 2.86 bits per heavy atom. The first-order valence-corrected chi connectivity index (χ1v) is 7.82. The highest BCUT2D eigenvalue weighted by atomic mass is 16.5. The summed E-state index contributed by atoms with van der Waals surface area (Å²) in [7, 11) is 0. The van der Waals surface area contributed by atoms with E-state index in [1.54, 1.807) is 5.57 Å². The molecule has 3 heteroatoms. The SMILES string of the molecule is CC1CC2=C(C=C1CN)N(c1ccccc1)COCCC2. The van der Waals surface area contributed by atoms with Gasteiger partial charge < -0.3 is 15.4 Å². The molecule has 1 aromatic rings. The van der Waals surface area contributed by atoms with Crippen LogP contribution in [0.2, 0.25) is 0 Å². The minimum atomic E-state index is 0.562. The van der Waals surface area contributed by atoms with Crippen molar-refractivity contribution in [1.29, 1.82) is 0 Å². The van der Waals surface area contributed by atoms with Crippen molar-refractivity contribution >= 4 is 5.69 Å². The lowest BCUT2D eigenvalue weighted by molar-refractivity contribution is 0.132. The number of benzene rings is 1. The van der Waals surface area contributed by atoms with Crippen LogP contribution < -0.4 is 10.6 Å². The maximum atomic E-state index is 5.93. The lowest BCUT2D eigenvalue weighted by Gasteiger charge is -2.34. The molecule has 0 fully saturated rings. The van der Waals surface area contributed by atoms with Crippen molar-refractivity contribution in [2.45, 2.75) is 26.2 Å². The van der Waals surface area contributed by atoms with E-state index >= 15 is 0 Å². The number of hydrogen-bond donors (Lipinski definition) is 1. The van der Waals surface area contributed by atoms with E-state index in [-0.39, 0.29) is 0 Å². The van der Waals surface area contributed by atoms with E-state index in [9.17, 15) is 0 Å². The van der Waals surface area contributed by atoms with E-state index in [4.69, 9.17) is 10.5 Å². The largest absolute Gasteiger partial charge is 0.361 e. The number of ether oxygens (including phenoxy) is 1. The van der Waals surface area contributed by atoms with E-state index < -0.39 is 0 Å². The first kappa shape index (κ1) is 14.4. The van der Waals surface area contributed by atoms with Crippen LogP contribution in [0.1, 0.15) is 26.2 Å². The van der Waals surface area contributed by atoms with Crippen molar-refractivity contribution in [3.05, 3.63) is 53.3 Å². The number of rotatable bonds is 2. The smallest absolute Gasteiger partial charge is 0.123 e. The van der Waals surface area contributed by atoms with Crippen LogP contribution in [0.25, 0.3) is 0 Å². The van der Waals surface area contributed by atoms with Crippen LogP contribution in [0.3, 0.4) is 0 Å². The first-order chi connectivity index (χ1) is 10.3. The van der Waals surface area contributed by atoms with E-state index in [0.717, 1.165) is 25.9 Å². The molecule has 3 nitrogen and oxygen atoms in total. The summed E-state index contributed by atoms with van der Waals surface area (Å²) >= 11 is 0. The average molecular weight is 284 g/mol. The molecule has 1 heterocycles. The molecule has 3 rings (SSSR count). The summed E-state index contributed by atoms with van der Waals surface area (Å²) in [6.45, 7) is 4.37. The fourth-order valence-corrected chi connectivity index (χ4v) is 3.22. The monoisotopic (exact) mass is 284 g/mol. The fourth-order valence-electron chi connectivity index (χ4n) is 3.22. The zero-order chi connectivity index (χ0) is 14.7. The van der Waals surface area contributed by atoms with Crippen molar-refractivity contribution in [2.24, 2.45) is 11.7 Å². The molecule has 2 aliphatic rings. The molecule has 1 aliphatic heterocycles. The highest BCUT2D eigenvalue weighted by Gasteiger charge is 2.24. The van der Waals surface area contributed by atoms with Gasteiger partial charge in [-0.3, -0.25) is 0 Å². The number of para-hydroxylation sites is 1. The van der Waals surface area contributed by atoms with Gasteiger partial charge in [-0.05, 0) is 49.0 Å². The number of allylic oxidation sites excluding steroid dienone is 2. The van der Waals surface area contributed by atoms with Crippen LogP contribution in [-0.4, -0.2) is 19.9 Å². The van der Waals surface area contributed by atoms with Gasteiger partial charge in [0.25, 0.3) is 0 Å². The molecule has 1 unspecified atom stereocenters. The Labute approximate surface area is 127 Å². The quantitative estimate of drug-likeness (QED) is 0.904. The fraction of sp³-hybridized carbons (Fsp3) is 0.444. The van der Waals surface area contributed by atoms with E-state index in [1.165, 1.54) is 17.0 Å². The predicted octanol–water partition coefficient (Wildman–Crippen LogP) is 3.44. The number of hydrogen-bond acceptors (Lipinski definition) is 3. The van der Waals surface area contributed by atoms with E-state index in [0.29, 0.717) is 19.2 Å². The van der Waals surface area contributed by atoms with E-state index in [2.05, 4.69) is 42.2 Å². The molecule has 1 atom stereocenters. The summed E-state index contributed by atoms with van der Waals surface area (Å²) in [6, 6.07) is 10.5. The third-order valence-electron chi connectivity index (χ3n) is 4.45. The predicted molar refractivity (Wildman–Crippen MR) is 86.9 cm³/mol. The molecule has 0 radical (unpaired) electrons. The number of anilines is 1. The molecule has 1 aliphatic carbocycles. The molecule has 0 amide bonds. The van der Waals surface area contributed by atoms with Crippen LogP contribution in [0.15, 0.2) is 53.3 Å². The topological polar surface area (TPSA) is 38.5 Å². The van der Waals surface area contributed by atoms with Crippen LogP contribution in [-0.2, 0) is 4.74 Å². The maximum absolute atomic E-state index is 5.93. The molecule has 112 valence electrons. The van der Waals surface area contributed by atoms with Crippen molar-refractivity contribution in [1.82, 2.24) is 0 Å². The highest BCUT2D eigenvalue weighted by Crippen LogP contribution is 2.35. The lowest BCUT2D eigenvalue weighted by Crippen LogP contribution is -2.31. The van der Waals surface area contributed by atoms with Gasteiger partial charge in [-0.25, -0.2) is 0 Å². The minimum absolute atomic E-state index is 0.562. The van der Waals surface area contributed by atoms with Crippen LogP contribution in [0.4, 0.5) is 5.69 Å². The van der Waals surface area contributed by atoms with Crippen molar-refractivity contribution < 1.29 is 4.74 Å². The molecule has 0 saturated carbocycles. The highest BCUT2D eigenvalue weighted by molar-refractivity contribution is 5.57. The Hall–Kier alpha value is -1.58. The molecule has 0 bridgehead atoms. The molecule has 1 aromatic carbocycles. The normalized spacial score (nSPS) is 23.2. The van der Waals surface area contributed by atoms with Gasteiger partial charge in [-0.2, -0.15) is 0 Å². The molecule has 0 aromatic heterocycles. The molecule has 2 N–H and O–H groups in total. The zero-order valence-electron chi connectivity index (χ0n) is 12.7. The summed E-state index contributed by atoms with van der Waals surface area (Å²) in [5, 5.41) is 0.